The third kappa shape index (κ3) is 7.56. The molecule has 0 atom stereocenters. The molecule has 3 fully saturated rings. The summed E-state index contributed by atoms with van der Waals surface area (Å²) < 4.78 is 5.79. The first-order valence-corrected chi connectivity index (χ1v) is 13.9. The zero-order valence-corrected chi connectivity index (χ0v) is 20.2. The van der Waals surface area contributed by atoms with Crippen LogP contribution in [0.2, 0.25) is 0 Å². The van der Waals surface area contributed by atoms with E-state index in [1.165, 1.54) is 96.3 Å². The molecule has 0 aliphatic heterocycles. The van der Waals surface area contributed by atoms with E-state index in [1.807, 2.05) is 0 Å². The maximum atomic E-state index is 12.1. The highest BCUT2D eigenvalue weighted by atomic mass is 16.5. The number of carbonyl (C=O) groups is 1. The molecular weight excluding hydrogens is 368 g/mol. The molecule has 0 radical (unpaired) electrons. The lowest BCUT2D eigenvalue weighted by molar-refractivity contribution is -0.151. The Kier molecular flexibility index (Phi) is 10.5. The van der Waals surface area contributed by atoms with E-state index in [1.54, 1.807) is 0 Å². The van der Waals surface area contributed by atoms with Crippen LogP contribution in [0, 0.1) is 29.6 Å². The van der Waals surface area contributed by atoms with Gasteiger partial charge in [-0.3, -0.25) is 4.79 Å². The molecule has 0 aromatic heterocycles. The fraction of sp³-hybridized carbons (Fsp3) is 0.964. The predicted octanol–water partition coefficient (Wildman–Crippen LogP) is 8.47. The Bertz CT molecular complexity index is 463. The zero-order chi connectivity index (χ0) is 21.2. The van der Waals surface area contributed by atoms with E-state index in [2.05, 4.69) is 13.8 Å². The van der Waals surface area contributed by atoms with Crippen molar-refractivity contribution in [2.45, 2.75) is 142 Å². The van der Waals surface area contributed by atoms with Crippen molar-refractivity contribution in [3.63, 3.8) is 0 Å². The Morgan fingerprint density at radius 3 is 1.63 bits per heavy atom. The molecule has 0 bridgehead atoms. The van der Waals surface area contributed by atoms with Crippen LogP contribution in [-0.4, -0.2) is 12.1 Å². The Morgan fingerprint density at radius 1 is 0.633 bits per heavy atom. The average Bonchev–Trinajstić information content (AvgIpc) is 2.78. The molecule has 2 heteroatoms. The zero-order valence-electron chi connectivity index (χ0n) is 20.2. The van der Waals surface area contributed by atoms with E-state index in [4.69, 9.17) is 4.74 Å². The van der Waals surface area contributed by atoms with Gasteiger partial charge in [-0.15, -0.1) is 0 Å². The molecule has 0 N–H and O–H groups in total. The van der Waals surface area contributed by atoms with Crippen molar-refractivity contribution in [2.24, 2.45) is 29.6 Å². The molecule has 0 aromatic carbocycles. The lowest BCUT2D eigenvalue weighted by atomic mass is 9.65. The van der Waals surface area contributed by atoms with E-state index < -0.39 is 0 Å². The Labute approximate surface area is 187 Å². The van der Waals surface area contributed by atoms with Crippen LogP contribution in [0.5, 0.6) is 0 Å². The SMILES string of the molecule is CCCCCCC(=O)OC1CCC(C2CCC(C3CCC(CCC)CC3)CC2)CC1. The molecular formula is C28H50O2. The average molecular weight is 419 g/mol. The molecule has 0 unspecified atom stereocenters. The number of carbonyl (C=O) groups excluding carboxylic acids is 1. The number of esters is 1. The van der Waals surface area contributed by atoms with Gasteiger partial charge in [0.2, 0.25) is 0 Å². The van der Waals surface area contributed by atoms with Crippen LogP contribution in [0.1, 0.15) is 136 Å². The molecule has 3 rings (SSSR count). The number of unbranched alkanes of at least 4 members (excludes halogenated alkanes) is 3. The van der Waals surface area contributed by atoms with Gasteiger partial charge in [0, 0.05) is 6.42 Å². The van der Waals surface area contributed by atoms with Gasteiger partial charge in [0.05, 0.1) is 0 Å². The summed E-state index contributed by atoms with van der Waals surface area (Å²) in [5, 5.41) is 0. The lowest BCUT2D eigenvalue weighted by Crippen LogP contribution is -2.31. The molecule has 0 amide bonds. The number of rotatable bonds is 10. The number of hydrogen-bond acceptors (Lipinski definition) is 2. The first-order chi connectivity index (χ1) is 14.7. The van der Waals surface area contributed by atoms with Gasteiger partial charge in [-0.2, -0.15) is 0 Å². The largest absolute Gasteiger partial charge is 0.462 e. The summed E-state index contributed by atoms with van der Waals surface area (Å²) in [6.45, 7) is 4.56. The molecule has 0 spiro atoms. The standard InChI is InChI=1S/C28H50O2/c1-3-5-6-7-9-28(29)30-27-20-18-26(19-21-27)25-16-14-24(15-17-25)23-12-10-22(8-4-2)11-13-23/h22-27H,3-21H2,1-2H3. The van der Waals surface area contributed by atoms with Crippen LogP contribution in [0.25, 0.3) is 0 Å². The summed E-state index contributed by atoms with van der Waals surface area (Å²) in [7, 11) is 0. The van der Waals surface area contributed by atoms with E-state index in [9.17, 15) is 4.79 Å². The normalized spacial score (nSPS) is 35.1. The lowest BCUT2D eigenvalue weighted by Gasteiger charge is -2.41. The quantitative estimate of drug-likeness (QED) is 0.263. The number of ether oxygens (including phenoxy) is 1. The summed E-state index contributed by atoms with van der Waals surface area (Å²) in [5.74, 6) is 5.06. The summed E-state index contributed by atoms with van der Waals surface area (Å²) >= 11 is 0. The van der Waals surface area contributed by atoms with Crippen LogP contribution in [-0.2, 0) is 9.53 Å². The fourth-order valence-corrected chi connectivity index (χ4v) is 7.06. The van der Waals surface area contributed by atoms with E-state index >= 15 is 0 Å². The molecule has 0 saturated heterocycles. The first kappa shape index (κ1) is 24.1. The minimum atomic E-state index is 0.0590. The minimum absolute atomic E-state index is 0.0590. The van der Waals surface area contributed by atoms with Crippen LogP contribution in [0.3, 0.4) is 0 Å². The molecule has 3 aliphatic carbocycles. The summed E-state index contributed by atoms with van der Waals surface area (Å²) in [6.07, 6.45) is 25.2. The summed E-state index contributed by atoms with van der Waals surface area (Å²) in [6, 6.07) is 0. The summed E-state index contributed by atoms with van der Waals surface area (Å²) in [5.41, 5.74) is 0. The Hall–Kier alpha value is -0.530. The van der Waals surface area contributed by atoms with Gasteiger partial charge in [0.15, 0.2) is 0 Å². The van der Waals surface area contributed by atoms with Crippen molar-refractivity contribution in [3.05, 3.63) is 0 Å². The molecule has 3 saturated carbocycles. The smallest absolute Gasteiger partial charge is 0.306 e. The second kappa shape index (κ2) is 13.1. The van der Waals surface area contributed by atoms with Crippen molar-refractivity contribution < 1.29 is 9.53 Å². The monoisotopic (exact) mass is 418 g/mol. The highest BCUT2D eigenvalue weighted by Gasteiger charge is 2.35. The summed E-state index contributed by atoms with van der Waals surface area (Å²) in [4.78, 5) is 12.1. The molecule has 30 heavy (non-hydrogen) atoms. The van der Waals surface area contributed by atoms with Crippen molar-refractivity contribution in [1.29, 1.82) is 0 Å². The van der Waals surface area contributed by atoms with E-state index in [0.717, 1.165) is 48.9 Å². The van der Waals surface area contributed by atoms with Gasteiger partial charge in [-0.25, -0.2) is 0 Å². The van der Waals surface area contributed by atoms with Gasteiger partial charge >= 0.3 is 5.97 Å². The first-order valence-electron chi connectivity index (χ1n) is 13.9. The predicted molar refractivity (Wildman–Crippen MR) is 126 cm³/mol. The minimum Gasteiger partial charge on any atom is -0.462 e. The second-order valence-corrected chi connectivity index (χ2v) is 11.1. The van der Waals surface area contributed by atoms with E-state index in [0.29, 0.717) is 6.42 Å². The van der Waals surface area contributed by atoms with E-state index in [-0.39, 0.29) is 12.1 Å². The second-order valence-electron chi connectivity index (χ2n) is 11.1. The maximum Gasteiger partial charge on any atom is 0.306 e. The fourth-order valence-electron chi connectivity index (χ4n) is 7.06. The van der Waals surface area contributed by atoms with Gasteiger partial charge in [-0.1, -0.05) is 58.8 Å². The Morgan fingerprint density at radius 2 is 1.13 bits per heavy atom. The highest BCUT2D eigenvalue weighted by Crippen LogP contribution is 2.45. The van der Waals surface area contributed by atoms with Crippen LogP contribution in [0.15, 0.2) is 0 Å². The van der Waals surface area contributed by atoms with Gasteiger partial charge in [-0.05, 0) is 100 Å². The van der Waals surface area contributed by atoms with Gasteiger partial charge < -0.3 is 4.74 Å². The van der Waals surface area contributed by atoms with Crippen LogP contribution < -0.4 is 0 Å². The highest BCUT2D eigenvalue weighted by molar-refractivity contribution is 5.69. The third-order valence-electron chi connectivity index (χ3n) is 8.99. The molecule has 3 aliphatic rings. The van der Waals surface area contributed by atoms with Crippen LogP contribution in [0.4, 0.5) is 0 Å². The van der Waals surface area contributed by atoms with Crippen LogP contribution >= 0.6 is 0 Å². The number of hydrogen-bond donors (Lipinski definition) is 0. The van der Waals surface area contributed by atoms with Crippen molar-refractivity contribution in [2.75, 3.05) is 0 Å². The van der Waals surface area contributed by atoms with Crippen molar-refractivity contribution in [1.82, 2.24) is 0 Å². The Balaban J connectivity index is 1.29. The maximum absolute atomic E-state index is 12.1. The topological polar surface area (TPSA) is 26.3 Å². The van der Waals surface area contributed by atoms with Crippen molar-refractivity contribution >= 4 is 5.97 Å². The third-order valence-corrected chi connectivity index (χ3v) is 8.99. The molecule has 0 heterocycles. The molecule has 0 aromatic rings. The molecule has 174 valence electrons. The molecule has 2 nitrogen and oxygen atoms in total. The van der Waals surface area contributed by atoms with Crippen molar-refractivity contribution in [3.8, 4) is 0 Å². The van der Waals surface area contributed by atoms with Gasteiger partial charge in [0.1, 0.15) is 6.10 Å². The van der Waals surface area contributed by atoms with Gasteiger partial charge in [0.25, 0.3) is 0 Å².